The molecule has 3 aromatic heterocycles. The summed E-state index contributed by atoms with van der Waals surface area (Å²) >= 11 is 0. The van der Waals surface area contributed by atoms with Crippen LogP contribution in [0.2, 0.25) is 0 Å². The zero-order valence-electron chi connectivity index (χ0n) is 12.2. The van der Waals surface area contributed by atoms with Gasteiger partial charge < -0.3 is 9.73 Å². The smallest absolute Gasteiger partial charge is 0.397 e. The maximum atomic E-state index is 11.0. The van der Waals surface area contributed by atoms with Crippen LogP contribution in [0.25, 0.3) is 17.2 Å². The number of carbonyl (C=O) groups excluding carboxylic acids is 1. The molecule has 0 aromatic carbocycles. The van der Waals surface area contributed by atoms with Gasteiger partial charge in [-0.1, -0.05) is 0 Å². The number of amides is 2. The zero-order chi connectivity index (χ0) is 17.1. The summed E-state index contributed by atoms with van der Waals surface area (Å²) in [5.41, 5.74) is 0.405. The topological polar surface area (TPSA) is 153 Å². The molecule has 3 heterocycles. The quantitative estimate of drug-likeness (QED) is 0.311. The average Bonchev–Trinajstić information content (AvgIpc) is 3.20. The third-order valence-electron chi connectivity index (χ3n) is 2.86. The molecule has 0 saturated carbocycles. The molecule has 0 fully saturated rings. The fourth-order valence-corrected chi connectivity index (χ4v) is 1.78. The number of fused-ring (bicyclic) bond motifs is 1. The van der Waals surface area contributed by atoms with E-state index in [-0.39, 0.29) is 17.4 Å². The lowest BCUT2D eigenvalue weighted by molar-refractivity contribution is -0.401. The molecule has 0 saturated heterocycles. The lowest BCUT2D eigenvalue weighted by Gasteiger charge is -1.98. The van der Waals surface area contributed by atoms with Crippen LogP contribution in [-0.2, 0) is 0 Å². The maximum Gasteiger partial charge on any atom is 0.433 e. The molecule has 122 valence electrons. The van der Waals surface area contributed by atoms with E-state index in [1.807, 2.05) is 0 Å². The van der Waals surface area contributed by atoms with Crippen molar-refractivity contribution in [1.82, 2.24) is 30.4 Å². The molecule has 3 aromatic rings. The van der Waals surface area contributed by atoms with Crippen LogP contribution < -0.4 is 10.6 Å². The highest BCUT2D eigenvalue weighted by molar-refractivity contribution is 5.86. The van der Waals surface area contributed by atoms with Gasteiger partial charge in [-0.15, -0.1) is 15.3 Å². The van der Waals surface area contributed by atoms with Crippen LogP contribution >= 0.6 is 0 Å². The number of carbonyl (C=O) groups is 1. The summed E-state index contributed by atoms with van der Waals surface area (Å²) in [4.78, 5) is 25.1. The highest BCUT2D eigenvalue weighted by atomic mass is 16.6. The molecule has 0 atom stereocenters. The second-order valence-corrected chi connectivity index (χ2v) is 4.36. The third kappa shape index (κ3) is 2.87. The summed E-state index contributed by atoms with van der Waals surface area (Å²) in [6.07, 6.45) is 1.18. The van der Waals surface area contributed by atoms with E-state index in [0.29, 0.717) is 5.65 Å². The SMILES string of the molecule is CNC(=O)NC=Nc1ccc2nnc(-c3ccc([N+](=O)[O-])o3)n2n1. The van der Waals surface area contributed by atoms with Gasteiger partial charge in [0.2, 0.25) is 5.82 Å². The summed E-state index contributed by atoms with van der Waals surface area (Å²) < 4.78 is 6.43. The van der Waals surface area contributed by atoms with Crippen molar-refractivity contribution < 1.29 is 14.1 Å². The Morgan fingerprint density at radius 3 is 2.92 bits per heavy atom. The number of urea groups is 1. The standard InChI is InChI=1S/C12H10N8O4/c1-13-12(21)15-6-14-8-3-4-9-16-17-11(19(9)18-8)7-2-5-10(24-7)20(22)23/h2-6H,1H3,(H2,13,14,15,18,21). The Hall–Kier alpha value is -3.83. The molecule has 2 amide bonds. The minimum Gasteiger partial charge on any atom is -0.397 e. The lowest BCUT2D eigenvalue weighted by Crippen LogP contribution is -2.31. The van der Waals surface area contributed by atoms with Gasteiger partial charge >= 0.3 is 11.9 Å². The fourth-order valence-electron chi connectivity index (χ4n) is 1.78. The first-order valence-electron chi connectivity index (χ1n) is 6.56. The average molecular weight is 330 g/mol. The van der Waals surface area contributed by atoms with E-state index < -0.39 is 16.8 Å². The normalized spacial score (nSPS) is 11.0. The van der Waals surface area contributed by atoms with Crippen LogP contribution in [0, 0.1) is 10.1 Å². The highest BCUT2D eigenvalue weighted by Crippen LogP contribution is 2.25. The molecule has 0 aliphatic rings. The van der Waals surface area contributed by atoms with Crippen molar-refractivity contribution >= 4 is 29.7 Å². The van der Waals surface area contributed by atoms with Crippen molar-refractivity contribution in [1.29, 1.82) is 0 Å². The van der Waals surface area contributed by atoms with E-state index in [2.05, 4.69) is 30.9 Å². The van der Waals surface area contributed by atoms with E-state index in [9.17, 15) is 14.9 Å². The Balaban J connectivity index is 1.93. The van der Waals surface area contributed by atoms with Gasteiger partial charge in [-0.2, -0.15) is 4.52 Å². The second-order valence-electron chi connectivity index (χ2n) is 4.36. The molecule has 12 nitrogen and oxygen atoms in total. The van der Waals surface area contributed by atoms with Gasteiger partial charge in [0.15, 0.2) is 17.2 Å². The lowest BCUT2D eigenvalue weighted by atomic mass is 10.4. The molecule has 0 spiro atoms. The molecule has 0 aliphatic heterocycles. The summed E-state index contributed by atoms with van der Waals surface area (Å²) in [6, 6.07) is 5.37. The number of hydrogen-bond donors (Lipinski definition) is 2. The van der Waals surface area contributed by atoms with E-state index in [0.717, 1.165) is 0 Å². The molecule has 0 bridgehead atoms. The number of rotatable bonds is 4. The second kappa shape index (κ2) is 6.12. The Bertz CT molecular complexity index is 944. The van der Waals surface area contributed by atoms with Gasteiger partial charge in [0.25, 0.3) is 0 Å². The molecular formula is C12H10N8O4. The first kappa shape index (κ1) is 15.1. The van der Waals surface area contributed by atoms with E-state index in [4.69, 9.17) is 4.42 Å². The third-order valence-corrected chi connectivity index (χ3v) is 2.86. The molecule has 0 radical (unpaired) electrons. The van der Waals surface area contributed by atoms with E-state index in [1.54, 1.807) is 12.1 Å². The zero-order valence-corrected chi connectivity index (χ0v) is 12.2. The molecular weight excluding hydrogens is 320 g/mol. The highest BCUT2D eigenvalue weighted by Gasteiger charge is 2.18. The van der Waals surface area contributed by atoms with Crippen molar-refractivity contribution in [3.8, 4) is 11.6 Å². The molecule has 2 N–H and O–H groups in total. The van der Waals surface area contributed by atoms with Crippen LogP contribution in [0.5, 0.6) is 0 Å². The summed E-state index contributed by atoms with van der Waals surface area (Å²) in [5, 5.41) is 27.4. The van der Waals surface area contributed by atoms with Crippen LogP contribution in [0.4, 0.5) is 16.5 Å². The van der Waals surface area contributed by atoms with Crippen molar-refractivity contribution in [3.05, 3.63) is 34.4 Å². The monoisotopic (exact) mass is 330 g/mol. The Labute approximate surface area is 133 Å². The first-order valence-corrected chi connectivity index (χ1v) is 6.56. The van der Waals surface area contributed by atoms with Crippen LogP contribution in [0.15, 0.2) is 33.7 Å². The Morgan fingerprint density at radius 1 is 1.38 bits per heavy atom. The van der Waals surface area contributed by atoms with Gasteiger partial charge in [0, 0.05) is 7.05 Å². The first-order chi connectivity index (χ1) is 11.6. The molecule has 0 unspecified atom stereocenters. The van der Waals surface area contributed by atoms with Crippen LogP contribution in [0.3, 0.4) is 0 Å². The van der Waals surface area contributed by atoms with Crippen LogP contribution in [0.1, 0.15) is 0 Å². The Morgan fingerprint density at radius 2 is 2.21 bits per heavy atom. The van der Waals surface area contributed by atoms with Crippen molar-refractivity contribution in [3.63, 3.8) is 0 Å². The van der Waals surface area contributed by atoms with Crippen molar-refractivity contribution in [2.75, 3.05) is 7.05 Å². The van der Waals surface area contributed by atoms with Crippen molar-refractivity contribution in [2.45, 2.75) is 0 Å². The molecule has 24 heavy (non-hydrogen) atoms. The minimum atomic E-state index is -0.652. The summed E-state index contributed by atoms with van der Waals surface area (Å²) in [5.74, 6) is 0.187. The van der Waals surface area contributed by atoms with Gasteiger partial charge in [-0.05, 0) is 18.2 Å². The number of nitrogens with zero attached hydrogens (tertiary/aromatic N) is 6. The van der Waals surface area contributed by atoms with Gasteiger partial charge in [-0.3, -0.25) is 15.4 Å². The van der Waals surface area contributed by atoms with Gasteiger partial charge in [0.05, 0.1) is 12.4 Å². The predicted molar refractivity (Wildman–Crippen MR) is 80.9 cm³/mol. The molecule has 12 heteroatoms. The number of nitro groups is 1. The van der Waals surface area contributed by atoms with Gasteiger partial charge in [0.1, 0.15) is 4.92 Å². The van der Waals surface area contributed by atoms with E-state index >= 15 is 0 Å². The van der Waals surface area contributed by atoms with Gasteiger partial charge in [-0.25, -0.2) is 9.79 Å². The number of aliphatic imine (C=N–C) groups is 1. The minimum absolute atomic E-state index is 0.145. The number of hydrogen-bond acceptors (Lipinski definition) is 8. The largest absolute Gasteiger partial charge is 0.433 e. The van der Waals surface area contributed by atoms with E-state index in [1.165, 1.54) is 30.0 Å². The maximum absolute atomic E-state index is 11.0. The summed E-state index contributed by atoms with van der Waals surface area (Å²) in [7, 11) is 1.47. The summed E-state index contributed by atoms with van der Waals surface area (Å²) in [6.45, 7) is 0. The number of nitrogens with one attached hydrogen (secondary N) is 2. The number of furan rings is 1. The predicted octanol–water partition coefficient (Wildman–Crippen LogP) is 0.881. The molecule has 0 aliphatic carbocycles. The fraction of sp³-hybridized carbons (Fsp3) is 0.0833. The number of aromatic nitrogens is 4. The van der Waals surface area contributed by atoms with Crippen molar-refractivity contribution in [2.24, 2.45) is 4.99 Å². The van der Waals surface area contributed by atoms with Crippen LogP contribution in [-0.4, -0.2) is 44.2 Å². The molecule has 3 rings (SSSR count). The Kier molecular flexibility index (Phi) is 3.84.